The highest BCUT2D eigenvalue weighted by molar-refractivity contribution is 9.10. The molecular weight excluding hydrogens is 328 g/mol. The van der Waals surface area contributed by atoms with Gasteiger partial charge < -0.3 is 4.74 Å². The van der Waals surface area contributed by atoms with Crippen molar-refractivity contribution in [3.63, 3.8) is 0 Å². The molecule has 4 heteroatoms. The molecule has 0 aliphatic carbocycles. The lowest BCUT2D eigenvalue weighted by atomic mass is 10.1. The second-order valence-corrected chi connectivity index (χ2v) is 5.93. The van der Waals surface area contributed by atoms with E-state index in [1.54, 1.807) is 6.33 Å². The van der Waals surface area contributed by atoms with Gasteiger partial charge in [-0.1, -0.05) is 44.2 Å². The lowest BCUT2D eigenvalue weighted by Crippen LogP contribution is -1.96. The van der Waals surface area contributed by atoms with Crippen LogP contribution in [0, 0.1) is 0 Å². The maximum absolute atomic E-state index is 5.91. The molecule has 0 radical (unpaired) electrons. The molecule has 1 aromatic heterocycles. The maximum Gasteiger partial charge on any atom is 0.222 e. The van der Waals surface area contributed by atoms with Gasteiger partial charge in [0.25, 0.3) is 0 Å². The second kappa shape index (κ2) is 5.82. The Labute approximate surface area is 132 Å². The van der Waals surface area contributed by atoms with Gasteiger partial charge in [-0.3, -0.25) is 0 Å². The summed E-state index contributed by atoms with van der Waals surface area (Å²) in [5, 5.41) is 2.29. The Morgan fingerprint density at radius 3 is 2.67 bits per heavy atom. The fourth-order valence-corrected chi connectivity index (χ4v) is 2.70. The normalized spacial score (nSPS) is 11.0. The number of nitrogens with zero attached hydrogens (tertiary/aromatic N) is 2. The van der Waals surface area contributed by atoms with Crippen molar-refractivity contribution in [3.8, 4) is 11.6 Å². The number of fused-ring (bicyclic) bond motifs is 1. The molecule has 0 aliphatic heterocycles. The van der Waals surface area contributed by atoms with Crippen LogP contribution >= 0.6 is 15.9 Å². The Morgan fingerprint density at radius 2 is 1.86 bits per heavy atom. The first-order valence-corrected chi connectivity index (χ1v) is 7.61. The molecule has 2 aromatic carbocycles. The van der Waals surface area contributed by atoms with Crippen molar-refractivity contribution < 1.29 is 4.74 Å². The van der Waals surface area contributed by atoms with Gasteiger partial charge in [-0.25, -0.2) is 9.97 Å². The van der Waals surface area contributed by atoms with Crippen LogP contribution in [0.4, 0.5) is 0 Å². The molecule has 106 valence electrons. The summed E-state index contributed by atoms with van der Waals surface area (Å²) in [7, 11) is 0. The van der Waals surface area contributed by atoms with Crippen LogP contribution in [0.1, 0.15) is 25.5 Å². The van der Waals surface area contributed by atoms with Crippen molar-refractivity contribution in [2.45, 2.75) is 19.8 Å². The van der Waals surface area contributed by atoms with E-state index in [4.69, 9.17) is 4.74 Å². The molecule has 3 nitrogen and oxygen atoms in total. The third-order valence-corrected chi connectivity index (χ3v) is 4.12. The highest BCUT2D eigenvalue weighted by atomic mass is 79.9. The van der Waals surface area contributed by atoms with E-state index in [-0.39, 0.29) is 0 Å². The molecule has 21 heavy (non-hydrogen) atoms. The Hall–Kier alpha value is -1.94. The zero-order valence-corrected chi connectivity index (χ0v) is 13.5. The molecule has 0 amide bonds. The number of ether oxygens (including phenoxy) is 1. The summed E-state index contributed by atoms with van der Waals surface area (Å²) in [5.74, 6) is 1.65. The Bertz CT molecular complexity index is 787. The first kappa shape index (κ1) is 14.0. The van der Waals surface area contributed by atoms with E-state index in [1.807, 2.05) is 30.3 Å². The van der Waals surface area contributed by atoms with Crippen LogP contribution in [0.15, 0.2) is 53.3 Å². The number of aromatic nitrogens is 2. The zero-order chi connectivity index (χ0) is 14.8. The van der Waals surface area contributed by atoms with Gasteiger partial charge in [-0.2, -0.15) is 0 Å². The van der Waals surface area contributed by atoms with Crippen LogP contribution in [-0.2, 0) is 0 Å². The molecule has 0 atom stereocenters. The van der Waals surface area contributed by atoms with Crippen LogP contribution in [0.3, 0.4) is 0 Å². The highest BCUT2D eigenvalue weighted by Crippen LogP contribution is 2.35. The zero-order valence-electron chi connectivity index (χ0n) is 11.9. The topological polar surface area (TPSA) is 35.0 Å². The largest absolute Gasteiger partial charge is 0.438 e. The summed E-state index contributed by atoms with van der Waals surface area (Å²) >= 11 is 3.62. The van der Waals surface area contributed by atoms with Gasteiger partial charge in [0.2, 0.25) is 5.88 Å². The summed E-state index contributed by atoms with van der Waals surface area (Å²) in [5.41, 5.74) is 0.969. The summed E-state index contributed by atoms with van der Waals surface area (Å²) in [4.78, 5) is 8.43. The molecule has 0 spiro atoms. The van der Waals surface area contributed by atoms with Crippen molar-refractivity contribution in [2.24, 2.45) is 0 Å². The smallest absolute Gasteiger partial charge is 0.222 e. The van der Waals surface area contributed by atoms with Crippen molar-refractivity contribution in [1.29, 1.82) is 0 Å². The third kappa shape index (κ3) is 2.90. The van der Waals surface area contributed by atoms with Crippen LogP contribution in [0.25, 0.3) is 10.8 Å². The van der Waals surface area contributed by atoms with Crippen LogP contribution < -0.4 is 4.74 Å². The Balaban J connectivity index is 1.98. The predicted octanol–water partition coefficient (Wildman–Crippen LogP) is 5.31. The van der Waals surface area contributed by atoms with Gasteiger partial charge in [0.15, 0.2) is 0 Å². The molecule has 0 N–H and O–H groups in total. The number of hydrogen-bond acceptors (Lipinski definition) is 3. The van der Waals surface area contributed by atoms with E-state index >= 15 is 0 Å². The van der Waals surface area contributed by atoms with Gasteiger partial charge in [-0.05, 0) is 38.7 Å². The molecular formula is C17H15BrN2O. The van der Waals surface area contributed by atoms with Gasteiger partial charge >= 0.3 is 0 Å². The summed E-state index contributed by atoms with van der Waals surface area (Å²) < 4.78 is 6.85. The van der Waals surface area contributed by atoms with Gasteiger partial charge in [0.1, 0.15) is 12.1 Å². The van der Waals surface area contributed by atoms with Crippen molar-refractivity contribution in [2.75, 3.05) is 0 Å². The lowest BCUT2D eigenvalue weighted by molar-refractivity contribution is 0.457. The number of benzene rings is 2. The Kier molecular flexibility index (Phi) is 3.88. The number of hydrogen-bond donors (Lipinski definition) is 0. The lowest BCUT2D eigenvalue weighted by Gasteiger charge is -2.10. The average molecular weight is 343 g/mol. The van der Waals surface area contributed by atoms with Crippen molar-refractivity contribution >= 4 is 26.7 Å². The van der Waals surface area contributed by atoms with Crippen LogP contribution in [0.2, 0.25) is 0 Å². The van der Waals surface area contributed by atoms with Gasteiger partial charge in [0, 0.05) is 6.07 Å². The fraction of sp³-hybridized carbons (Fsp3) is 0.176. The van der Waals surface area contributed by atoms with Gasteiger partial charge in [0.05, 0.1) is 10.2 Å². The molecule has 3 aromatic rings. The summed E-state index contributed by atoms with van der Waals surface area (Å²) in [6.07, 6.45) is 1.54. The second-order valence-electron chi connectivity index (χ2n) is 5.14. The molecule has 0 saturated carbocycles. The average Bonchev–Trinajstić information content (AvgIpc) is 2.51. The van der Waals surface area contributed by atoms with E-state index in [9.17, 15) is 0 Å². The van der Waals surface area contributed by atoms with Crippen molar-refractivity contribution in [1.82, 2.24) is 9.97 Å². The van der Waals surface area contributed by atoms with E-state index in [0.717, 1.165) is 21.3 Å². The fourth-order valence-electron chi connectivity index (χ4n) is 2.13. The van der Waals surface area contributed by atoms with E-state index < -0.39 is 0 Å². The van der Waals surface area contributed by atoms with Crippen LogP contribution in [0.5, 0.6) is 11.6 Å². The van der Waals surface area contributed by atoms with E-state index in [0.29, 0.717) is 11.8 Å². The molecule has 0 fully saturated rings. The summed E-state index contributed by atoms with van der Waals surface area (Å²) in [6, 6.07) is 14.0. The molecule has 0 bridgehead atoms. The van der Waals surface area contributed by atoms with E-state index in [1.165, 1.54) is 5.39 Å². The quantitative estimate of drug-likeness (QED) is 0.647. The van der Waals surface area contributed by atoms with E-state index in [2.05, 4.69) is 51.9 Å². The summed E-state index contributed by atoms with van der Waals surface area (Å²) in [6.45, 7) is 4.19. The van der Waals surface area contributed by atoms with Crippen LogP contribution in [-0.4, -0.2) is 9.97 Å². The highest BCUT2D eigenvalue weighted by Gasteiger charge is 2.09. The standard InChI is InChI=1S/C17H15BrN2O/c1-11(2)14-9-16(20-10-19-14)21-15-8-7-12-5-3-4-6-13(12)17(15)18/h3-11H,1-2H3. The maximum atomic E-state index is 5.91. The Morgan fingerprint density at radius 1 is 1.05 bits per heavy atom. The molecule has 3 rings (SSSR count). The van der Waals surface area contributed by atoms with Crippen molar-refractivity contribution in [3.05, 3.63) is 59.0 Å². The minimum absolute atomic E-state index is 0.343. The first-order chi connectivity index (χ1) is 10.1. The molecule has 0 aliphatic rings. The third-order valence-electron chi connectivity index (χ3n) is 3.30. The SMILES string of the molecule is CC(C)c1cc(Oc2ccc3ccccc3c2Br)ncn1. The molecule has 0 saturated heterocycles. The minimum atomic E-state index is 0.343. The molecule has 0 unspecified atom stereocenters. The first-order valence-electron chi connectivity index (χ1n) is 6.82. The molecule has 1 heterocycles. The van der Waals surface area contributed by atoms with Gasteiger partial charge in [-0.15, -0.1) is 0 Å². The predicted molar refractivity (Wildman–Crippen MR) is 87.8 cm³/mol. The minimum Gasteiger partial charge on any atom is -0.438 e. The monoisotopic (exact) mass is 342 g/mol. The number of rotatable bonds is 3. The number of halogens is 1.